The van der Waals surface area contributed by atoms with Crippen molar-refractivity contribution in [1.82, 2.24) is 40.0 Å². The van der Waals surface area contributed by atoms with Crippen molar-refractivity contribution in [2.75, 3.05) is 7.11 Å². The largest absolute Gasteiger partial charge is 0.493 e. The van der Waals surface area contributed by atoms with Crippen molar-refractivity contribution in [2.24, 2.45) is 0 Å². The maximum absolute atomic E-state index is 6.09. The van der Waals surface area contributed by atoms with Crippen LogP contribution in [0.1, 0.15) is 28.5 Å². The van der Waals surface area contributed by atoms with Crippen molar-refractivity contribution in [3.63, 3.8) is 0 Å². The number of para-hydroxylation sites is 2. The molecule has 12 nitrogen and oxygen atoms in total. The highest BCUT2D eigenvalue weighted by Gasteiger charge is 2.17. The molecule has 12 heteroatoms. The SMILES string of the molecule is COc1ccc(-c2nn(Cc3nnco3)c3ccccc23)cc1OCc1ccccc1.Cc1cc(C)cc(-c2nn(Cc3nnco3)c3ccccc23)c1. The van der Waals surface area contributed by atoms with Gasteiger partial charge in [0.05, 0.1) is 18.1 Å². The summed E-state index contributed by atoms with van der Waals surface area (Å²) in [7, 11) is 1.64. The molecule has 0 radical (unpaired) electrons. The van der Waals surface area contributed by atoms with Crippen molar-refractivity contribution >= 4 is 21.8 Å². The minimum atomic E-state index is 0.397. The van der Waals surface area contributed by atoms with Gasteiger partial charge in [-0.3, -0.25) is 9.36 Å². The summed E-state index contributed by atoms with van der Waals surface area (Å²) in [6, 6.07) is 38.7. The van der Waals surface area contributed by atoms with Crippen molar-refractivity contribution in [3.05, 3.63) is 157 Å². The van der Waals surface area contributed by atoms with Gasteiger partial charge in [-0.15, -0.1) is 20.4 Å². The van der Waals surface area contributed by atoms with E-state index >= 15 is 0 Å². The molecule has 4 aromatic heterocycles. The van der Waals surface area contributed by atoms with Gasteiger partial charge < -0.3 is 18.3 Å². The maximum atomic E-state index is 6.09. The number of methoxy groups -OCH3 is 1. The standard InChI is InChI=1S/C24H20N4O3.C18H16N4O/c1-29-21-12-11-18(13-22(21)30-15-17-7-3-2-4-8-17)24-19-9-5-6-10-20(19)28(27-24)14-23-26-25-16-31-23;1-12-7-13(2)9-14(8-12)18-15-5-3-4-6-16(15)22(21-18)10-17-20-19-11-23-17/h2-13,16H,14-15H2,1H3;3-9,11H,10H2,1-2H3. The van der Waals surface area contributed by atoms with E-state index in [2.05, 4.69) is 70.6 Å². The van der Waals surface area contributed by atoms with E-state index in [-0.39, 0.29) is 0 Å². The molecule has 0 aliphatic heterocycles. The van der Waals surface area contributed by atoms with Gasteiger partial charge in [0.15, 0.2) is 11.5 Å². The van der Waals surface area contributed by atoms with E-state index in [1.165, 1.54) is 23.9 Å². The van der Waals surface area contributed by atoms with Gasteiger partial charge in [0.25, 0.3) is 0 Å². The molecule has 54 heavy (non-hydrogen) atoms. The highest BCUT2D eigenvalue weighted by atomic mass is 16.5. The van der Waals surface area contributed by atoms with Crippen molar-refractivity contribution < 1.29 is 18.3 Å². The van der Waals surface area contributed by atoms with Crippen LogP contribution >= 0.6 is 0 Å². The Hall–Kier alpha value is -7.08. The smallest absolute Gasteiger partial charge is 0.237 e. The third-order valence-corrected chi connectivity index (χ3v) is 8.87. The third kappa shape index (κ3) is 7.30. The molecule has 0 fully saturated rings. The highest BCUT2D eigenvalue weighted by molar-refractivity contribution is 5.94. The molecule has 0 aliphatic rings. The Morgan fingerprint density at radius 1 is 0.574 bits per heavy atom. The monoisotopic (exact) mass is 716 g/mol. The predicted octanol–water partition coefficient (Wildman–Crippen LogP) is 8.47. The first-order valence-corrected chi connectivity index (χ1v) is 17.4. The second-order valence-electron chi connectivity index (χ2n) is 12.7. The molecule has 0 saturated heterocycles. The zero-order valence-electron chi connectivity index (χ0n) is 30.0. The summed E-state index contributed by atoms with van der Waals surface area (Å²) in [5.74, 6) is 2.39. The highest BCUT2D eigenvalue weighted by Crippen LogP contribution is 2.36. The first-order chi connectivity index (χ1) is 26.5. The van der Waals surface area contributed by atoms with Crippen LogP contribution in [-0.4, -0.2) is 47.1 Å². The molecular formula is C42H36N8O4. The third-order valence-electron chi connectivity index (χ3n) is 8.87. The molecule has 268 valence electrons. The quantitative estimate of drug-likeness (QED) is 0.136. The number of ether oxygens (including phenoxy) is 2. The van der Waals surface area contributed by atoms with Crippen molar-refractivity contribution in [3.8, 4) is 34.0 Å². The molecule has 0 unspecified atom stereocenters. The minimum absolute atomic E-state index is 0.397. The lowest BCUT2D eigenvalue weighted by atomic mass is 10.0. The summed E-state index contributed by atoms with van der Waals surface area (Å²) in [6.07, 6.45) is 2.66. The lowest BCUT2D eigenvalue weighted by Gasteiger charge is -2.12. The van der Waals surface area contributed by atoms with Crippen LogP contribution in [0, 0.1) is 13.8 Å². The van der Waals surface area contributed by atoms with Crippen LogP contribution in [0.4, 0.5) is 0 Å². The Kier molecular flexibility index (Phi) is 9.62. The molecule has 4 heterocycles. The Balaban J connectivity index is 0.000000160. The van der Waals surface area contributed by atoms with Gasteiger partial charge in [-0.25, -0.2) is 0 Å². The van der Waals surface area contributed by atoms with Gasteiger partial charge in [-0.1, -0.05) is 83.9 Å². The van der Waals surface area contributed by atoms with Gasteiger partial charge in [-0.05, 0) is 61.9 Å². The van der Waals surface area contributed by atoms with E-state index in [1.807, 2.05) is 88.2 Å². The Morgan fingerprint density at radius 2 is 1.13 bits per heavy atom. The van der Waals surface area contributed by atoms with Crippen LogP contribution in [0.15, 0.2) is 137 Å². The van der Waals surface area contributed by atoms with Crippen LogP contribution in [0.3, 0.4) is 0 Å². The number of aryl methyl sites for hydroxylation is 2. The molecule has 0 N–H and O–H groups in total. The molecular weight excluding hydrogens is 681 g/mol. The molecule has 0 amide bonds. The van der Waals surface area contributed by atoms with E-state index in [0.29, 0.717) is 43.0 Å². The zero-order chi connectivity index (χ0) is 36.9. The fourth-order valence-corrected chi connectivity index (χ4v) is 6.49. The zero-order valence-corrected chi connectivity index (χ0v) is 30.0. The molecule has 9 aromatic rings. The lowest BCUT2D eigenvalue weighted by Crippen LogP contribution is -2.02. The topological polar surface area (TPSA) is 132 Å². The number of hydrogen-bond donors (Lipinski definition) is 0. The summed E-state index contributed by atoms with van der Waals surface area (Å²) >= 11 is 0. The minimum Gasteiger partial charge on any atom is -0.493 e. The number of rotatable bonds is 10. The fourth-order valence-electron chi connectivity index (χ4n) is 6.49. The summed E-state index contributed by atoms with van der Waals surface area (Å²) < 4.78 is 25.9. The fraction of sp³-hybridized carbons (Fsp3) is 0.143. The van der Waals surface area contributed by atoms with Crippen LogP contribution in [0.25, 0.3) is 44.3 Å². The molecule has 0 atom stereocenters. The normalized spacial score (nSPS) is 11.1. The predicted molar refractivity (Wildman–Crippen MR) is 204 cm³/mol. The van der Waals surface area contributed by atoms with E-state index < -0.39 is 0 Å². The van der Waals surface area contributed by atoms with Crippen LogP contribution in [0.5, 0.6) is 11.5 Å². The van der Waals surface area contributed by atoms with Crippen LogP contribution < -0.4 is 9.47 Å². The van der Waals surface area contributed by atoms with E-state index in [9.17, 15) is 0 Å². The van der Waals surface area contributed by atoms with Crippen LogP contribution in [-0.2, 0) is 19.7 Å². The van der Waals surface area contributed by atoms with Gasteiger partial charge in [-0.2, -0.15) is 10.2 Å². The Labute approximate surface area is 310 Å². The van der Waals surface area contributed by atoms with Crippen molar-refractivity contribution in [2.45, 2.75) is 33.5 Å². The summed E-state index contributed by atoms with van der Waals surface area (Å²) in [5.41, 5.74) is 9.48. The number of fused-ring (bicyclic) bond motifs is 2. The second kappa shape index (κ2) is 15.3. The number of nitrogens with zero attached hydrogens (tertiary/aromatic N) is 8. The van der Waals surface area contributed by atoms with Crippen LogP contribution in [0.2, 0.25) is 0 Å². The molecule has 0 spiro atoms. The Bertz CT molecular complexity index is 2610. The van der Waals surface area contributed by atoms with Gasteiger partial charge >= 0.3 is 0 Å². The number of aromatic nitrogens is 8. The molecule has 9 rings (SSSR count). The van der Waals surface area contributed by atoms with E-state index in [4.69, 9.17) is 28.5 Å². The average Bonchev–Trinajstić information content (AvgIpc) is 4.03. The molecule has 0 aliphatic carbocycles. The second-order valence-corrected chi connectivity index (χ2v) is 12.7. The summed E-state index contributed by atoms with van der Waals surface area (Å²) in [4.78, 5) is 0. The maximum Gasteiger partial charge on any atom is 0.237 e. The number of benzene rings is 5. The average molecular weight is 717 g/mol. The summed E-state index contributed by atoms with van der Waals surface area (Å²) in [5, 5.41) is 27.2. The molecule has 0 saturated carbocycles. The lowest BCUT2D eigenvalue weighted by molar-refractivity contribution is 0.284. The van der Waals surface area contributed by atoms with Gasteiger partial charge in [0.2, 0.25) is 24.6 Å². The molecule has 0 bridgehead atoms. The first-order valence-electron chi connectivity index (χ1n) is 17.4. The first kappa shape index (κ1) is 34.0. The van der Waals surface area contributed by atoms with E-state index in [1.54, 1.807) is 7.11 Å². The van der Waals surface area contributed by atoms with E-state index in [0.717, 1.165) is 49.9 Å². The number of hydrogen-bond acceptors (Lipinski definition) is 10. The molecule has 5 aromatic carbocycles. The van der Waals surface area contributed by atoms with Crippen molar-refractivity contribution in [1.29, 1.82) is 0 Å². The van der Waals surface area contributed by atoms with Gasteiger partial charge in [0, 0.05) is 21.9 Å². The summed E-state index contributed by atoms with van der Waals surface area (Å²) in [6.45, 7) is 5.52. The van der Waals surface area contributed by atoms with Gasteiger partial charge in [0.1, 0.15) is 31.1 Å². The Morgan fingerprint density at radius 3 is 1.69 bits per heavy atom.